The maximum atomic E-state index is 5.33. The van der Waals surface area contributed by atoms with E-state index in [1.54, 1.807) is 11.8 Å². The molecule has 0 bridgehead atoms. The minimum absolute atomic E-state index is 0.520. The average Bonchev–Trinajstić information content (AvgIpc) is 3.14. The molecule has 0 amide bonds. The Hall–Kier alpha value is -2.08. The molecule has 0 aliphatic heterocycles. The van der Waals surface area contributed by atoms with Crippen molar-refractivity contribution < 1.29 is 4.52 Å². The molecule has 0 unspecified atom stereocenters. The topological polar surface area (TPSA) is 56.7 Å². The highest BCUT2D eigenvalue weighted by Gasteiger charge is 2.12. The molecular weight excluding hydrogens is 320 g/mol. The smallest absolute Gasteiger partial charge is 0.237 e. The first-order chi connectivity index (χ1) is 11.5. The van der Waals surface area contributed by atoms with Crippen molar-refractivity contribution in [3.63, 3.8) is 0 Å². The summed E-state index contributed by atoms with van der Waals surface area (Å²) in [5.74, 6) is 2.56. The van der Waals surface area contributed by atoms with Crippen LogP contribution in [0, 0.1) is 19.8 Å². The number of hydrogen-bond acceptors (Lipinski definition) is 5. The van der Waals surface area contributed by atoms with E-state index in [-0.39, 0.29) is 0 Å². The van der Waals surface area contributed by atoms with Crippen LogP contribution >= 0.6 is 11.8 Å². The summed E-state index contributed by atoms with van der Waals surface area (Å²) in [6.45, 7) is 8.51. The molecule has 24 heavy (non-hydrogen) atoms. The molecule has 5 nitrogen and oxygen atoms in total. The van der Waals surface area contributed by atoms with Crippen LogP contribution in [0.25, 0.3) is 5.69 Å². The Bertz CT molecular complexity index is 822. The van der Waals surface area contributed by atoms with E-state index in [0.29, 0.717) is 17.6 Å². The summed E-state index contributed by atoms with van der Waals surface area (Å²) in [4.78, 5) is 8.91. The van der Waals surface area contributed by atoms with Gasteiger partial charge in [0.15, 0.2) is 11.0 Å². The van der Waals surface area contributed by atoms with Crippen molar-refractivity contribution in [2.24, 2.45) is 5.92 Å². The van der Waals surface area contributed by atoms with E-state index in [1.165, 1.54) is 11.1 Å². The first kappa shape index (κ1) is 16.8. The summed E-state index contributed by atoms with van der Waals surface area (Å²) in [5.41, 5.74) is 3.63. The van der Waals surface area contributed by atoms with Gasteiger partial charge in [-0.05, 0) is 31.4 Å². The van der Waals surface area contributed by atoms with E-state index >= 15 is 0 Å². The Morgan fingerprint density at radius 1 is 1.25 bits per heavy atom. The molecule has 0 fully saturated rings. The molecule has 0 aliphatic carbocycles. The maximum absolute atomic E-state index is 5.33. The molecule has 0 aliphatic rings. The van der Waals surface area contributed by atoms with E-state index in [2.05, 4.69) is 65.6 Å². The van der Waals surface area contributed by atoms with E-state index < -0.39 is 0 Å². The third kappa shape index (κ3) is 3.87. The van der Waals surface area contributed by atoms with Gasteiger partial charge in [-0.1, -0.05) is 48.5 Å². The molecule has 0 saturated heterocycles. The van der Waals surface area contributed by atoms with Gasteiger partial charge in [0.2, 0.25) is 5.89 Å². The molecule has 0 atom stereocenters. The number of nitrogens with zero attached hydrogens (tertiary/aromatic N) is 4. The normalized spacial score (nSPS) is 11.4. The van der Waals surface area contributed by atoms with Gasteiger partial charge in [-0.15, -0.1) is 0 Å². The lowest BCUT2D eigenvalue weighted by molar-refractivity contribution is 0.382. The van der Waals surface area contributed by atoms with Crippen molar-refractivity contribution in [3.8, 4) is 5.69 Å². The minimum atomic E-state index is 0.520. The number of hydrogen-bond donors (Lipinski definition) is 0. The SMILES string of the molecule is Cc1ccc(-n2ccnc2SCc2nc(CC(C)C)no2)c(C)c1. The van der Waals surface area contributed by atoms with Gasteiger partial charge in [0, 0.05) is 18.8 Å². The quantitative estimate of drug-likeness (QED) is 0.623. The van der Waals surface area contributed by atoms with Gasteiger partial charge in [0.25, 0.3) is 0 Å². The van der Waals surface area contributed by atoms with Crippen LogP contribution in [-0.4, -0.2) is 19.7 Å². The number of aromatic nitrogens is 4. The van der Waals surface area contributed by atoms with Gasteiger partial charge in [0.05, 0.1) is 11.4 Å². The predicted octanol–water partition coefficient (Wildman–Crippen LogP) is 4.36. The zero-order chi connectivity index (χ0) is 17.1. The van der Waals surface area contributed by atoms with Crippen LogP contribution in [0.3, 0.4) is 0 Å². The number of aryl methyl sites for hydroxylation is 2. The van der Waals surface area contributed by atoms with Gasteiger partial charge < -0.3 is 4.52 Å². The van der Waals surface area contributed by atoms with Gasteiger partial charge in [0.1, 0.15) is 0 Å². The van der Waals surface area contributed by atoms with Crippen LogP contribution in [0.5, 0.6) is 0 Å². The van der Waals surface area contributed by atoms with Crippen LogP contribution in [0.1, 0.15) is 36.7 Å². The lowest BCUT2D eigenvalue weighted by Crippen LogP contribution is -1.99. The summed E-state index contributed by atoms with van der Waals surface area (Å²) >= 11 is 1.60. The number of thioether (sulfide) groups is 1. The molecular formula is C18H22N4OS. The summed E-state index contributed by atoms with van der Waals surface area (Å²) in [7, 11) is 0. The van der Waals surface area contributed by atoms with Crippen LogP contribution < -0.4 is 0 Å². The Morgan fingerprint density at radius 3 is 2.83 bits per heavy atom. The molecule has 126 valence electrons. The van der Waals surface area contributed by atoms with E-state index in [0.717, 1.165) is 23.1 Å². The molecule has 0 spiro atoms. The van der Waals surface area contributed by atoms with Gasteiger partial charge in [-0.25, -0.2) is 4.98 Å². The molecule has 0 N–H and O–H groups in total. The van der Waals surface area contributed by atoms with Gasteiger partial charge in [-0.2, -0.15) is 4.98 Å². The molecule has 2 heterocycles. The third-order valence-corrected chi connectivity index (χ3v) is 4.60. The van der Waals surface area contributed by atoms with Gasteiger partial charge >= 0.3 is 0 Å². The van der Waals surface area contributed by atoms with Crippen molar-refractivity contribution in [2.75, 3.05) is 0 Å². The summed E-state index contributed by atoms with van der Waals surface area (Å²) in [6.07, 6.45) is 4.64. The van der Waals surface area contributed by atoms with E-state index in [1.807, 2.05) is 12.4 Å². The largest absolute Gasteiger partial charge is 0.338 e. The number of imidazole rings is 1. The monoisotopic (exact) mass is 342 g/mol. The van der Waals surface area contributed by atoms with Crippen LogP contribution in [0.2, 0.25) is 0 Å². The summed E-state index contributed by atoms with van der Waals surface area (Å²) < 4.78 is 7.43. The standard InChI is InChI=1S/C18H22N4OS/c1-12(2)9-16-20-17(23-21-16)11-24-18-19-7-8-22(18)15-6-5-13(3)10-14(15)4/h5-8,10,12H,9,11H2,1-4H3. The minimum Gasteiger partial charge on any atom is -0.338 e. The van der Waals surface area contributed by atoms with Crippen LogP contribution in [0.15, 0.2) is 40.3 Å². The fraction of sp³-hybridized carbons (Fsp3) is 0.389. The molecule has 3 rings (SSSR count). The average molecular weight is 342 g/mol. The summed E-state index contributed by atoms with van der Waals surface area (Å²) in [5, 5.41) is 4.96. The summed E-state index contributed by atoms with van der Waals surface area (Å²) in [6, 6.07) is 6.43. The van der Waals surface area contributed by atoms with Crippen LogP contribution in [0.4, 0.5) is 0 Å². The van der Waals surface area contributed by atoms with E-state index in [4.69, 9.17) is 4.52 Å². The zero-order valence-corrected chi connectivity index (χ0v) is 15.3. The zero-order valence-electron chi connectivity index (χ0n) is 14.5. The fourth-order valence-corrected chi connectivity index (χ4v) is 3.38. The Kier molecular flexibility index (Phi) is 5.04. The van der Waals surface area contributed by atoms with Crippen molar-refractivity contribution in [3.05, 3.63) is 53.4 Å². The molecule has 0 saturated carbocycles. The van der Waals surface area contributed by atoms with Crippen molar-refractivity contribution in [2.45, 2.75) is 45.0 Å². The lowest BCUT2D eigenvalue weighted by Gasteiger charge is -2.10. The lowest BCUT2D eigenvalue weighted by atomic mass is 10.1. The van der Waals surface area contributed by atoms with Crippen LogP contribution in [-0.2, 0) is 12.2 Å². The number of benzene rings is 1. The van der Waals surface area contributed by atoms with Gasteiger partial charge in [-0.3, -0.25) is 4.57 Å². The third-order valence-electron chi connectivity index (χ3n) is 3.64. The first-order valence-corrected chi connectivity index (χ1v) is 9.06. The fourth-order valence-electron chi connectivity index (χ4n) is 2.58. The molecule has 0 radical (unpaired) electrons. The predicted molar refractivity (Wildman–Crippen MR) is 95.4 cm³/mol. The second-order valence-electron chi connectivity index (χ2n) is 6.36. The van der Waals surface area contributed by atoms with Crippen molar-refractivity contribution in [1.29, 1.82) is 0 Å². The maximum Gasteiger partial charge on any atom is 0.237 e. The molecule has 6 heteroatoms. The number of rotatable bonds is 6. The highest BCUT2D eigenvalue weighted by atomic mass is 32.2. The Balaban J connectivity index is 1.73. The van der Waals surface area contributed by atoms with Crippen molar-refractivity contribution in [1.82, 2.24) is 19.7 Å². The second kappa shape index (κ2) is 7.21. The van der Waals surface area contributed by atoms with Crippen molar-refractivity contribution >= 4 is 11.8 Å². The molecule has 1 aromatic carbocycles. The molecule has 3 aromatic rings. The molecule has 2 aromatic heterocycles. The van der Waals surface area contributed by atoms with E-state index in [9.17, 15) is 0 Å². The highest BCUT2D eigenvalue weighted by molar-refractivity contribution is 7.98. The highest BCUT2D eigenvalue weighted by Crippen LogP contribution is 2.25. The first-order valence-electron chi connectivity index (χ1n) is 8.08. The Labute approximate surface area is 146 Å². The Morgan fingerprint density at radius 2 is 2.08 bits per heavy atom. The second-order valence-corrected chi connectivity index (χ2v) is 7.30.